The number of carbonyl (C=O) groups is 2. The van der Waals surface area contributed by atoms with Gasteiger partial charge in [-0.05, 0) is 26.7 Å². The Balaban J connectivity index is 2.09. The van der Waals surface area contributed by atoms with Gasteiger partial charge in [0.25, 0.3) is 0 Å². The quantitative estimate of drug-likeness (QED) is 0.829. The van der Waals surface area contributed by atoms with Gasteiger partial charge in [0.05, 0.1) is 6.61 Å². The molecule has 0 aliphatic heterocycles. The minimum Gasteiger partial charge on any atom is -0.462 e. The summed E-state index contributed by atoms with van der Waals surface area (Å²) in [6.45, 7) is 3.77. The largest absolute Gasteiger partial charge is 0.462 e. The number of anilines is 1. The molecular formula is C14H21N3O3. The van der Waals surface area contributed by atoms with Gasteiger partial charge in [-0.3, -0.25) is 9.89 Å². The zero-order valence-electron chi connectivity index (χ0n) is 12.0. The number of aromatic nitrogens is 2. The molecule has 2 N–H and O–H groups in total. The Bertz CT molecular complexity index is 490. The molecule has 1 aromatic heterocycles. The highest BCUT2D eigenvalue weighted by Gasteiger charge is 2.25. The number of hydrogen-bond acceptors (Lipinski definition) is 4. The van der Waals surface area contributed by atoms with Gasteiger partial charge >= 0.3 is 5.97 Å². The van der Waals surface area contributed by atoms with Crippen molar-refractivity contribution in [2.24, 2.45) is 5.92 Å². The molecule has 0 unspecified atom stereocenters. The fourth-order valence-corrected chi connectivity index (χ4v) is 2.56. The summed E-state index contributed by atoms with van der Waals surface area (Å²) >= 11 is 0. The van der Waals surface area contributed by atoms with E-state index in [4.69, 9.17) is 4.74 Å². The number of esters is 1. The minimum absolute atomic E-state index is 0.0239. The number of nitrogens with one attached hydrogen (secondary N) is 2. The van der Waals surface area contributed by atoms with Gasteiger partial charge < -0.3 is 10.1 Å². The number of nitrogens with zero attached hydrogens (tertiary/aromatic N) is 1. The Kier molecular flexibility index (Phi) is 4.76. The van der Waals surface area contributed by atoms with Crippen molar-refractivity contribution in [3.8, 4) is 0 Å². The molecule has 0 atom stereocenters. The van der Waals surface area contributed by atoms with Crippen molar-refractivity contribution >= 4 is 17.7 Å². The van der Waals surface area contributed by atoms with Crippen LogP contribution in [0.1, 0.15) is 55.1 Å². The Hall–Kier alpha value is -1.85. The van der Waals surface area contributed by atoms with Crippen molar-refractivity contribution in [1.82, 2.24) is 10.2 Å². The van der Waals surface area contributed by atoms with Crippen LogP contribution in [0.15, 0.2) is 0 Å². The summed E-state index contributed by atoms with van der Waals surface area (Å²) in [6, 6.07) is 0. The van der Waals surface area contributed by atoms with Crippen LogP contribution < -0.4 is 5.32 Å². The van der Waals surface area contributed by atoms with Gasteiger partial charge in [-0.15, -0.1) is 0 Å². The second kappa shape index (κ2) is 6.54. The first-order chi connectivity index (χ1) is 9.63. The Morgan fingerprint density at radius 1 is 1.35 bits per heavy atom. The third-order valence-corrected chi connectivity index (χ3v) is 3.64. The van der Waals surface area contributed by atoms with Crippen molar-refractivity contribution in [2.75, 3.05) is 11.9 Å². The van der Waals surface area contributed by atoms with E-state index >= 15 is 0 Å². The fraction of sp³-hybridized carbons (Fsp3) is 0.643. The summed E-state index contributed by atoms with van der Waals surface area (Å²) in [6.07, 6.45) is 5.18. The van der Waals surface area contributed by atoms with E-state index in [0.717, 1.165) is 25.7 Å². The van der Waals surface area contributed by atoms with Crippen LogP contribution in [-0.2, 0) is 9.53 Å². The standard InChI is InChI=1S/C14H21N3O3/c1-3-20-14(19)11-9(2)16-17-12(11)15-13(18)10-7-5-4-6-8-10/h10H,3-8H2,1-2H3,(H2,15,16,17,18). The lowest BCUT2D eigenvalue weighted by atomic mass is 9.88. The molecule has 0 aromatic carbocycles. The van der Waals surface area contributed by atoms with E-state index in [9.17, 15) is 9.59 Å². The molecule has 110 valence electrons. The smallest absolute Gasteiger partial charge is 0.343 e. The molecule has 1 aromatic rings. The maximum atomic E-state index is 12.2. The van der Waals surface area contributed by atoms with Crippen molar-refractivity contribution < 1.29 is 14.3 Å². The van der Waals surface area contributed by atoms with Crippen LogP contribution in [0, 0.1) is 12.8 Å². The normalized spacial score (nSPS) is 15.9. The molecule has 1 amide bonds. The van der Waals surface area contributed by atoms with Gasteiger partial charge in [-0.2, -0.15) is 5.10 Å². The van der Waals surface area contributed by atoms with E-state index in [1.165, 1.54) is 6.42 Å². The highest BCUT2D eigenvalue weighted by molar-refractivity contribution is 6.01. The molecule has 1 aliphatic rings. The predicted molar refractivity (Wildman–Crippen MR) is 74.5 cm³/mol. The molecule has 20 heavy (non-hydrogen) atoms. The first-order valence-corrected chi connectivity index (χ1v) is 7.16. The lowest BCUT2D eigenvalue weighted by molar-refractivity contribution is -0.120. The van der Waals surface area contributed by atoms with Crippen LogP contribution in [0.25, 0.3) is 0 Å². The SMILES string of the molecule is CCOC(=O)c1c(NC(=O)C2CCCCC2)n[nH]c1C. The summed E-state index contributed by atoms with van der Waals surface area (Å²) in [5.41, 5.74) is 0.915. The Morgan fingerprint density at radius 2 is 2.05 bits per heavy atom. The van der Waals surface area contributed by atoms with Gasteiger partial charge in [0.1, 0.15) is 5.56 Å². The zero-order valence-corrected chi connectivity index (χ0v) is 12.0. The van der Waals surface area contributed by atoms with Crippen LogP contribution in [0.5, 0.6) is 0 Å². The van der Waals surface area contributed by atoms with Gasteiger partial charge in [-0.1, -0.05) is 19.3 Å². The van der Waals surface area contributed by atoms with Crippen molar-refractivity contribution in [1.29, 1.82) is 0 Å². The number of carbonyl (C=O) groups excluding carboxylic acids is 2. The van der Waals surface area contributed by atoms with E-state index in [-0.39, 0.29) is 17.6 Å². The first-order valence-electron chi connectivity index (χ1n) is 7.16. The number of hydrogen-bond donors (Lipinski definition) is 2. The molecule has 6 heteroatoms. The van der Waals surface area contributed by atoms with Crippen molar-refractivity contribution in [3.05, 3.63) is 11.3 Å². The van der Waals surface area contributed by atoms with E-state index in [2.05, 4.69) is 15.5 Å². The van der Waals surface area contributed by atoms with Crippen LogP contribution in [0.2, 0.25) is 0 Å². The topological polar surface area (TPSA) is 84.1 Å². The van der Waals surface area contributed by atoms with E-state index < -0.39 is 5.97 Å². The Morgan fingerprint density at radius 3 is 2.70 bits per heavy atom. The highest BCUT2D eigenvalue weighted by atomic mass is 16.5. The number of aromatic amines is 1. The summed E-state index contributed by atoms with van der Waals surface area (Å²) in [4.78, 5) is 24.1. The third-order valence-electron chi connectivity index (χ3n) is 3.64. The molecule has 0 radical (unpaired) electrons. The van der Waals surface area contributed by atoms with E-state index in [1.807, 2.05) is 0 Å². The van der Waals surface area contributed by atoms with Crippen LogP contribution in [-0.4, -0.2) is 28.7 Å². The molecular weight excluding hydrogens is 258 g/mol. The van der Waals surface area contributed by atoms with Gasteiger partial charge in [0, 0.05) is 11.6 Å². The Labute approximate surface area is 118 Å². The number of rotatable bonds is 4. The van der Waals surface area contributed by atoms with Crippen LogP contribution in [0.4, 0.5) is 5.82 Å². The van der Waals surface area contributed by atoms with E-state index in [0.29, 0.717) is 17.9 Å². The molecule has 6 nitrogen and oxygen atoms in total. The lowest BCUT2D eigenvalue weighted by Gasteiger charge is -2.20. The molecule has 1 heterocycles. The van der Waals surface area contributed by atoms with Crippen molar-refractivity contribution in [2.45, 2.75) is 46.0 Å². The second-order valence-electron chi connectivity index (χ2n) is 5.12. The summed E-state index contributed by atoms with van der Waals surface area (Å²) in [7, 11) is 0. The molecule has 2 rings (SSSR count). The third kappa shape index (κ3) is 3.18. The number of H-pyrrole nitrogens is 1. The van der Waals surface area contributed by atoms with Gasteiger partial charge in [0.2, 0.25) is 5.91 Å². The monoisotopic (exact) mass is 279 g/mol. The molecule has 0 saturated heterocycles. The van der Waals surface area contributed by atoms with E-state index in [1.54, 1.807) is 13.8 Å². The first kappa shape index (κ1) is 14.6. The number of amides is 1. The summed E-state index contributed by atoms with van der Waals surface area (Å²) in [5.74, 6) is -0.216. The summed E-state index contributed by atoms with van der Waals surface area (Å²) < 4.78 is 4.98. The maximum Gasteiger partial charge on any atom is 0.343 e. The average molecular weight is 279 g/mol. The number of ether oxygens (including phenoxy) is 1. The molecule has 1 fully saturated rings. The van der Waals surface area contributed by atoms with Crippen LogP contribution in [0.3, 0.4) is 0 Å². The second-order valence-corrected chi connectivity index (χ2v) is 5.12. The minimum atomic E-state index is -0.460. The van der Waals surface area contributed by atoms with Crippen molar-refractivity contribution in [3.63, 3.8) is 0 Å². The molecule has 1 saturated carbocycles. The maximum absolute atomic E-state index is 12.2. The number of aryl methyl sites for hydroxylation is 1. The average Bonchev–Trinajstić information content (AvgIpc) is 2.81. The lowest BCUT2D eigenvalue weighted by Crippen LogP contribution is -2.25. The molecule has 0 bridgehead atoms. The summed E-state index contributed by atoms with van der Waals surface area (Å²) in [5, 5.41) is 9.47. The molecule has 1 aliphatic carbocycles. The molecule has 0 spiro atoms. The zero-order chi connectivity index (χ0) is 14.5. The van der Waals surface area contributed by atoms with Gasteiger partial charge in [-0.25, -0.2) is 4.79 Å². The van der Waals surface area contributed by atoms with Gasteiger partial charge in [0.15, 0.2) is 5.82 Å². The highest BCUT2D eigenvalue weighted by Crippen LogP contribution is 2.26. The van der Waals surface area contributed by atoms with Crippen LogP contribution >= 0.6 is 0 Å². The fourth-order valence-electron chi connectivity index (χ4n) is 2.56. The predicted octanol–water partition coefficient (Wildman–Crippen LogP) is 2.41.